The molecule has 182 valence electrons. The van der Waals surface area contributed by atoms with Gasteiger partial charge in [0.15, 0.2) is 0 Å². The minimum Gasteiger partial charge on any atom is -0.480 e. The van der Waals surface area contributed by atoms with E-state index in [1.807, 2.05) is 41.3 Å². The largest absolute Gasteiger partial charge is 0.480 e. The van der Waals surface area contributed by atoms with Crippen LogP contribution in [0, 0.1) is 0 Å². The number of aliphatic carboxylic acids is 3. The molecule has 3 rings (SSSR count). The van der Waals surface area contributed by atoms with Crippen LogP contribution in [0.15, 0.2) is 48.5 Å². The fraction of sp³-hybridized carbons (Fsp3) is 0.417. The molecule has 3 N–H and O–H groups in total. The zero-order valence-corrected chi connectivity index (χ0v) is 18.9. The third-order valence-corrected chi connectivity index (χ3v) is 5.76. The molecule has 2 heterocycles. The second-order valence-corrected chi connectivity index (χ2v) is 8.41. The number of benzene rings is 1. The maximum Gasteiger partial charge on any atom is 0.321 e. The Bertz CT molecular complexity index is 941. The number of rotatable bonds is 8. The van der Waals surface area contributed by atoms with E-state index >= 15 is 0 Å². The number of carbonyl (C=O) groups is 3. The summed E-state index contributed by atoms with van der Waals surface area (Å²) in [6, 6.07) is 13.9. The first kappa shape index (κ1) is 25.3. The molecule has 10 heteroatoms. The number of hydrogen-bond donors (Lipinski definition) is 3. The van der Waals surface area contributed by atoms with Crippen molar-refractivity contribution in [2.24, 2.45) is 0 Å². The summed E-state index contributed by atoms with van der Waals surface area (Å²) in [5.74, 6) is -2.92. The Morgan fingerprint density at radius 1 is 0.765 bits per heavy atom. The van der Waals surface area contributed by atoms with Crippen LogP contribution in [0.25, 0.3) is 0 Å². The molecule has 1 atom stereocenters. The lowest BCUT2D eigenvalue weighted by Crippen LogP contribution is -2.50. The zero-order chi connectivity index (χ0) is 24.5. The second-order valence-electron chi connectivity index (χ2n) is 8.41. The SMILES string of the molecule is O=C(O)CN1CCN(C(Cc2ccccc2)C(=O)O)CCN(CC(=O)O)Cc2cccc(n2)C1. The minimum absolute atomic E-state index is 0.193. The highest BCUT2D eigenvalue weighted by atomic mass is 16.4. The van der Waals surface area contributed by atoms with E-state index in [0.29, 0.717) is 50.7 Å². The van der Waals surface area contributed by atoms with Crippen molar-refractivity contribution >= 4 is 17.9 Å². The molecule has 2 bridgehead atoms. The van der Waals surface area contributed by atoms with Crippen LogP contribution in [0.1, 0.15) is 17.0 Å². The monoisotopic (exact) mass is 470 g/mol. The average Bonchev–Trinajstić information content (AvgIpc) is 2.77. The molecular weight excluding hydrogens is 440 g/mol. The van der Waals surface area contributed by atoms with E-state index in [9.17, 15) is 29.7 Å². The maximum absolute atomic E-state index is 12.3. The van der Waals surface area contributed by atoms with Gasteiger partial charge in [0.25, 0.3) is 0 Å². The molecule has 0 saturated carbocycles. The van der Waals surface area contributed by atoms with Crippen LogP contribution in [-0.4, -0.2) is 98.2 Å². The van der Waals surface area contributed by atoms with E-state index in [1.165, 1.54) is 0 Å². The first-order valence-corrected chi connectivity index (χ1v) is 11.1. The Balaban J connectivity index is 1.89. The van der Waals surface area contributed by atoms with E-state index in [2.05, 4.69) is 4.98 Å². The molecule has 0 aliphatic carbocycles. The van der Waals surface area contributed by atoms with Crippen LogP contribution in [0.3, 0.4) is 0 Å². The molecule has 1 aromatic heterocycles. The van der Waals surface area contributed by atoms with Crippen LogP contribution in [0.5, 0.6) is 0 Å². The molecule has 1 aliphatic heterocycles. The van der Waals surface area contributed by atoms with Gasteiger partial charge in [0.1, 0.15) is 6.04 Å². The Labute approximate surface area is 198 Å². The van der Waals surface area contributed by atoms with Crippen LogP contribution < -0.4 is 0 Å². The summed E-state index contributed by atoms with van der Waals surface area (Å²) in [5, 5.41) is 28.8. The highest BCUT2D eigenvalue weighted by Gasteiger charge is 2.28. The van der Waals surface area contributed by atoms with Gasteiger partial charge in [0.2, 0.25) is 0 Å². The second kappa shape index (κ2) is 12.2. The van der Waals surface area contributed by atoms with Crippen molar-refractivity contribution in [3.63, 3.8) is 0 Å². The van der Waals surface area contributed by atoms with Gasteiger partial charge in [-0.25, -0.2) is 0 Å². The lowest BCUT2D eigenvalue weighted by atomic mass is 10.0. The van der Waals surface area contributed by atoms with Crippen LogP contribution in [-0.2, 0) is 33.9 Å². The molecule has 2 aromatic rings. The van der Waals surface area contributed by atoms with Gasteiger partial charge >= 0.3 is 17.9 Å². The molecule has 1 aromatic carbocycles. The lowest BCUT2D eigenvalue weighted by Gasteiger charge is -2.33. The van der Waals surface area contributed by atoms with Crippen LogP contribution >= 0.6 is 0 Å². The van der Waals surface area contributed by atoms with Gasteiger partial charge in [-0.15, -0.1) is 0 Å². The molecule has 0 saturated heterocycles. The molecule has 0 radical (unpaired) electrons. The van der Waals surface area contributed by atoms with Gasteiger partial charge in [0, 0.05) is 39.3 Å². The predicted octanol–water partition coefficient (Wildman–Crippen LogP) is 0.866. The summed E-state index contributed by atoms with van der Waals surface area (Å²) >= 11 is 0. The number of pyridine rings is 1. The fourth-order valence-electron chi connectivity index (χ4n) is 4.15. The van der Waals surface area contributed by atoms with Crippen molar-refractivity contribution in [1.29, 1.82) is 0 Å². The van der Waals surface area contributed by atoms with Gasteiger partial charge in [0.05, 0.1) is 24.5 Å². The maximum atomic E-state index is 12.3. The normalized spacial score (nSPS) is 17.3. The summed E-state index contributed by atoms with van der Waals surface area (Å²) < 4.78 is 0. The van der Waals surface area contributed by atoms with Crippen LogP contribution in [0.2, 0.25) is 0 Å². The average molecular weight is 471 g/mol. The summed E-state index contributed by atoms with van der Waals surface area (Å²) in [5.41, 5.74) is 2.24. The summed E-state index contributed by atoms with van der Waals surface area (Å²) in [6.45, 7) is 1.50. The summed E-state index contributed by atoms with van der Waals surface area (Å²) in [7, 11) is 0. The predicted molar refractivity (Wildman–Crippen MR) is 123 cm³/mol. The van der Waals surface area contributed by atoms with E-state index in [0.717, 1.165) is 5.56 Å². The summed E-state index contributed by atoms with van der Waals surface area (Å²) in [6.07, 6.45) is 0.286. The number of hydrogen-bond acceptors (Lipinski definition) is 7. The van der Waals surface area contributed by atoms with Crippen molar-refractivity contribution in [3.8, 4) is 0 Å². The lowest BCUT2D eigenvalue weighted by molar-refractivity contribution is -0.144. The zero-order valence-electron chi connectivity index (χ0n) is 18.9. The van der Waals surface area contributed by atoms with Gasteiger partial charge in [-0.05, 0) is 24.1 Å². The highest BCUT2D eigenvalue weighted by molar-refractivity contribution is 5.74. The molecule has 0 amide bonds. The van der Waals surface area contributed by atoms with Crippen molar-refractivity contribution in [1.82, 2.24) is 19.7 Å². The molecule has 0 spiro atoms. The number of carboxylic acids is 3. The van der Waals surface area contributed by atoms with Crippen molar-refractivity contribution in [2.45, 2.75) is 25.6 Å². The Morgan fingerprint density at radius 3 is 1.76 bits per heavy atom. The third-order valence-electron chi connectivity index (χ3n) is 5.76. The number of aromatic nitrogens is 1. The number of nitrogens with zero attached hydrogens (tertiary/aromatic N) is 4. The van der Waals surface area contributed by atoms with Crippen molar-refractivity contribution in [2.75, 3.05) is 39.3 Å². The fourth-order valence-corrected chi connectivity index (χ4v) is 4.15. The van der Waals surface area contributed by atoms with E-state index in [-0.39, 0.29) is 19.5 Å². The van der Waals surface area contributed by atoms with E-state index < -0.39 is 23.9 Å². The Morgan fingerprint density at radius 2 is 1.29 bits per heavy atom. The number of carboxylic acid groups (broad SMARTS) is 3. The van der Waals surface area contributed by atoms with Gasteiger partial charge in [-0.3, -0.25) is 34.1 Å². The van der Waals surface area contributed by atoms with Crippen molar-refractivity contribution in [3.05, 3.63) is 65.5 Å². The third kappa shape index (κ3) is 7.91. The molecule has 0 fully saturated rings. The van der Waals surface area contributed by atoms with Gasteiger partial charge < -0.3 is 15.3 Å². The quantitative estimate of drug-likeness (QED) is 0.510. The van der Waals surface area contributed by atoms with Gasteiger partial charge in [-0.2, -0.15) is 0 Å². The molecular formula is C24H30N4O6. The Hall–Kier alpha value is -3.34. The summed E-state index contributed by atoms with van der Waals surface area (Å²) in [4.78, 5) is 45.0. The molecule has 10 nitrogen and oxygen atoms in total. The molecule has 34 heavy (non-hydrogen) atoms. The molecule has 1 aliphatic rings. The Kier molecular flexibility index (Phi) is 9.08. The van der Waals surface area contributed by atoms with E-state index in [1.54, 1.807) is 21.9 Å². The minimum atomic E-state index is -0.975. The standard InChI is InChI=1S/C24H30N4O6/c29-22(30)16-26-9-11-28(21(24(33)34)13-18-5-2-1-3-6-18)12-10-27(17-23(31)32)15-20-8-4-7-19(14-26)25-20/h1-8,21H,9-17H2,(H,29,30)(H,31,32)(H,33,34). The number of fused-ring (bicyclic) bond motifs is 2. The van der Waals surface area contributed by atoms with E-state index in [4.69, 9.17) is 0 Å². The van der Waals surface area contributed by atoms with Gasteiger partial charge in [-0.1, -0.05) is 36.4 Å². The first-order valence-electron chi connectivity index (χ1n) is 11.1. The van der Waals surface area contributed by atoms with Crippen molar-refractivity contribution < 1.29 is 29.7 Å². The first-order chi connectivity index (χ1) is 16.3. The highest BCUT2D eigenvalue weighted by Crippen LogP contribution is 2.13. The molecule has 1 unspecified atom stereocenters. The van der Waals surface area contributed by atoms with Crippen LogP contribution in [0.4, 0.5) is 0 Å². The topological polar surface area (TPSA) is 135 Å². The smallest absolute Gasteiger partial charge is 0.321 e.